The summed E-state index contributed by atoms with van der Waals surface area (Å²) in [4.78, 5) is 14.1. The highest BCUT2D eigenvalue weighted by Gasteiger charge is 2.21. The van der Waals surface area contributed by atoms with Gasteiger partial charge in [-0.05, 0) is 44.8 Å². The van der Waals surface area contributed by atoms with E-state index in [1.165, 1.54) is 13.0 Å². The number of carbonyl (C=O) groups excluding carboxylic acids is 1. The van der Waals surface area contributed by atoms with Gasteiger partial charge in [0.15, 0.2) is 0 Å². The maximum Gasteiger partial charge on any atom is 0.220 e. The lowest BCUT2D eigenvalue weighted by atomic mass is 10.1. The fourth-order valence-corrected chi connectivity index (χ4v) is 2.50. The summed E-state index contributed by atoms with van der Waals surface area (Å²) in [6.07, 6.45) is 6.25. The summed E-state index contributed by atoms with van der Waals surface area (Å²) in [6, 6.07) is 0. The van der Waals surface area contributed by atoms with E-state index in [0.717, 1.165) is 51.9 Å². The van der Waals surface area contributed by atoms with E-state index in [1.54, 1.807) is 0 Å². The van der Waals surface area contributed by atoms with Gasteiger partial charge >= 0.3 is 0 Å². The number of halogens is 2. The highest BCUT2D eigenvalue weighted by molar-refractivity contribution is 5.85. The molecule has 0 aliphatic carbocycles. The molecule has 4 nitrogen and oxygen atoms in total. The molecule has 1 fully saturated rings. The fourth-order valence-electron chi connectivity index (χ4n) is 2.50. The van der Waals surface area contributed by atoms with Crippen molar-refractivity contribution >= 4 is 30.7 Å². The Morgan fingerprint density at radius 2 is 1.95 bits per heavy atom. The minimum absolute atomic E-state index is 0. The molecule has 0 radical (unpaired) electrons. The smallest absolute Gasteiger partial charge is 0.220 e. The monoisotopic (exact) mass is 327 g/mol. The molecule has 122 valence electrons. The van der Waals surface area contributed by atoms with Crippen LogP contribution in [-0.2, 0) is 4.79 Å². The van der Waals surface area contributed by atoms with Gasteiger partial charge in [-0.3, -0.25) is 4.79 Å². The third-order valence-electron chi connectivity index (χ3n) is 3.76. The molecular weight excluding hydrogens is 297 g/mol. The first-order chi connectivity index (χ1) is 8.76. The average Bonchev–Trinajstić information content (AvgIpc) is 2.84. The predicted octanol–water partition coefficient (Wildman–Crippen LogP) is 2.20. The largest absolute Gasteiger partial charge is 0.356 e. The molecule has 0 aromatic rings. The normalized spacial score (nSPS) is 18.2. The minimum atomic E-state index is 0. The van der Waals surface area contributed by atoms with Crippen molar-refractivity contribution in [2.45, 2.75) is 45.4 Å². The third kappa shape index (κ3) is 9.81. The zero-order chi connectivity index (χ0) is 13.2. The second-order valence-electron chi connectivity index (χ2n) is 5.30. The maximum absolute atomic E-state index is 11.6. The first kappa shape index (κ1) is 22.3. The van der Waals surface area contributed by atoms with E-state index in [4.69, 9.17) is 5.73 Å². The highest BCUT2D eigenvalue weighted by Crippen LogP contribution is 2.14. The Labute approximate surface area is 136 Å². The Balaban J connectivity index is 0. The van der Waals surface area contributed by atoms with Crippen molar-refractivity contribution in [3.05, 3.63) is 0 Å². The van der Waals surface area contributed by atoms with Crippen LogP contribution in [0.15, 0.2) is 0 Å². The van der Waals surface area contributed by atoms with E-state index < -0.39 is 0 Å². The number of hydrogen-bond donors (Lipinski definition) is 2. The summed E-state index contributed by atoms with van der Waals surface area (Å²) in [5.41, 5.74) is 5.43. The number of nitrogens with two attached hydrogens (primary N) is 1. The van der Waals surface area contributed by atoms with E-state index in [0.29, 0.717) is 12.3 Å². The van der Waals surface area contributed by atoms with E-state index in [-0.39, 0.29) is 30.7 Å². The van der Waals surface area contributed by atoms with Gasteiger partial charge in [-0.1, -0.05) is 19.8 Å². The molecule has 3 N–H and O–H groups in total. The van der Waals surface area contributed by atoms with Crippen LogP contribution in [0.4, 0.5) is 0 Å². The molecule has 1 amide bonds. The van der Waals surface area contributed by atoms with Gasteiger partial charge in [-0.15, -0.1) is 24.8 Å². The molecule has 6 heteroatoms. The van der Waals surface area contributed by atoms with Crippen molar-refractivity contribution in [1.82, 2.24) is 10.2 Å². The number of hydrogen-bond acceptors (Lipinski definition) is 3. The van der Waals surface area contributed by atoms with Crippen LogP contribution < -0.4 is 11.1 Å². The second-order valence-corrected chi connectivity index (χ2v) is 5.30. The van der Waals surface area contributed by atoms with Crippen molar-refractivity contribution in [3.8, 4) is 0 Å². The molecule has 0 spiro atoms. The summed E-state index contributed by atoms with van der Waals surface area (Å²) in [7, 11) is 0. The Morgan fingerprint density at radius 1 is 1.25 bits per heavy atom. The molecule has 1 saturated heterocycles. The van der Waals surface area contributed by atoms with Gasteiger partial charge in [0.1, 0.15) is 0 Å². The van der Waals surface area contributed by atoms with Gasteiger partial charge in [0.05, 0.1) is 0 Å². The van der Waals surface area contributed by atoms with Crippen LogP contribution in [0.5, 0.6) is 0 Å². The van der Waals surface area contributed by atoms with Crippen molar-refractivity contribution < 1.29 is 4.79 Å². The molecule has 1 atom stereocenters. The Morgan fingerprint density at radius 3 is 2.55 bits per heavy atom. The first-order valence-electron chi connectivity index (χ1n) is 7.45. The van der Waals surface area contributed by atoms with E-state index in [2.05, 4.69) is 17.1 Å². The summed E-state index contributed by atoms with van der Waals surface area (Å²) in [6.45, 7) is 7.29. The minimum Gasteiger partial charge on any atom is -0.356 e. The third-order valence-corrected chi connectivity index (χ3v) is 3.76. The molecule has 1 aliphatic rings. The number of nitrogens with zero attached hydrogens (tertiary/aromatic N) is 1. The van der Waals surface area contributed by atoms with E-state index in [1.807, 2.05) is 0 Å². The molecule has 0 bridgehead atoms. The lowest BCUT2D eigenvalue weighted by Gasteiger charge is -2.13. The molecular formula is C14H31Cl2N3O. The molecule has 0 aromatic carbocycles. The van der Waals surface area contributed by atoms with Crippen LogP contribution in [-0.4, -0.2) is 43.5 Å². The maximum atomic E-state index is 11.6. The van der Waals surface area contributed by atoms with E-state index in [9.17, 15) is 4.79 Å². The van der Waals surface area contributed by atoms with Crippen LogP contribution in [0.25, 0.3) is 0 Å². The summed E-state index contributed by atoms with van der Waals surface area (Å²) < 4.78 is 0. The molecule has 0 saturated carbocycles. The van der Waals surface area contributed by atoms with Crippen molar-refractivity contribution in [2.24, 2.45) is 11.7 Å². The van der Waals surface area contributed by atoms with Crippen LogP contribution in [0.2, 0.25) is 0 Å². The standard InChI is InChI=1S/C14H29N3O.2ClH/c1-2-17-10-8-13(12-17)11-16-14(18)7-5-3-4-6-9-15;;/h13H,2-12,15H2,1H3,(H,16,18);2*1H. The summed E-state index contributed by atoms with van der Waals surface area (Å²) >= 11 is 0. The van der Waals surface area contributed by atoms with Crippen molar-refractivity contribution in [2.75, 3.05) is 32.7 Å². The van der Waals surface area contributed by atoms with Crippen LogP contribution in [0, 0.1) is 5.92 Å². The number of carbonyl (C=O) groups is 1. The number of amides is 1. The fraction of sp³-hybridized carbons (Fsp3) is 0.929. The topological polar surface area (TPSA) is 58.4 Å². The number of likely N-dealkylation sites (tertiary alicyclic amines) is 1. The van der Waals surface area contributed by atoms with Crippen LogP contribution in [0.1, 0.15) is 45.4 Å². The molecule has 20 heavy (non-hydrogen) atoms. The van der Waals surface area contributed by atoms with Gasteiger partial charge in [0.2, 0.25) is 5.91 Å². The Hall–Kier alpha value is -0.0300. The Bertz CT molecular complexity index is 242. The molecule has 1 unspecified atom stereocenters. The van der Waals surface area contributed by atoms with E-state index >= 15 is 0 Å². The van der Waals surface area contributed by atoms with Gasteiger partial charge in [0.25, 0.3) is 0 Å². The molecule has 0 aromatic heterocycles. The quantitative estimate of drug-likeness (QED) is 0.638. The van der Waals surface area contributed by atoms with Gasteiger partial charge in [-0.2, -0.15) is 0 Å². The molecule has 1 heterocycles. The predicted molar refractivity (Wildman–Crippen MR) is 89.9 cm³/mol. The number of rotatable bonds is 9. The summed E-state index contributed by atoms with van der Waals surface area (Å²) in [5, 5.41) is 3.07. The zero-order valence-corrected chi connectivity index (χ0v) is 14.2. The van der Waals surface area contributed by atoms with Gasteiger partial charge < -0.3 is 16.0 Å². The number of unbranched alkanes of at least 4 members (excludes halogenated alkanes) is 3. The second kappa shape index (κ2) is 13.9. The lowest BCUT2D eigenvalue weighted by Crippen LogP contribution is -2.30. The Kier molecular flexibility index (Phi) is 15.5. The highest BCUT2D eigenvalue weighted by atomic mass is 35.5. The van der Waals surface area contributed by atoms with Crippen LogP contribution >= 0.6 is 24.8 Å². The molecule has 1 aliphatic heterocycles. The van der Waals surface area contributed by atoms with Gasteiger partial charge in [-0.25, -0.2) is 0 Å². The SMILES string of the molecule is CCN1CCC(CNC(=O)CCCCCCN)C1.Cl.Cl. The van der Waals surface area contributed by atoms with Gasteiger partial charge in [0, 0.05) is 19.5 Å². The average molecular weight is 328 g/mol. The van der Waals surface area contributed by atoms with Crippen molar-refractivity contribution in [1.29, 1.82) is 0 Å². The first-order valence-corrected chi connectivity index (χ1v) is 7.45. The summed E-state index contributed by atoms with van der Waals surface area (Å²) in [5.74, 6) is 0.879. The van der Waals surface area contributed by atoms with Crippen LogP contribution in [0.3, 0.4) is 0 Å². The van der Waals surface area contributed by atoms with Crippen molar-refractivity contribution in [3.63, 3.8) is 0 Å². The zero-order valence-electron chi connectivity index (χ0n) is 12.6. The molecule has 1 rings (SSSR count). The lowest BCUT2D eigenvalue weighted by molar-refractivity contribution is -0.121. The number of nitrogens with one attached hydrogen (secondary N) is 1.